The van der Waals surface area contributed by atoms with Crippen LogP contribution in [-0.2, 0) is 30.9 Å². The molecule has 1 saturated heterocycles. The average molecular weight is 343 g/mol. The number of carbonyl (C=O) groups excluding carboxylic acids is 2. The van der Waals surface area contributed by atoms with Crippen molar-refractivity contribution < 1.29 is 28.9 Å². The lowest BCUT2D eigenvalue weighted by atomic mass is 9.50. The van der Waals surface area contributed by atoms with Crippen LogP contribution >= 0.6 is 0 Å². The summed E-state index contributed by atoms with van der Waals surface area (Å²) in [6.45, 7) is 1.59. The molecule has 0 radical (unpaired) electrons. The molecule has 0 saturated carbocycles. The zero-order chi connectivity index (χ0) is 17.2. The molecule has 1 spiro atoms. The molecule has 0 aromatic heterocycles. The summed E-state index contributed by atoms with van der Waals surface area (Å²) < 4.78 is 17.1. The molecule has 1 fully saturated rings. The van der Waals surface area contributed by atoms with Gasteiger partial charge in [0, 0.05) is 12.0 Å². The highest BCUT2D eigenvalue weighted by atomic mass is 16.6. The summed E-state index contributed by atoms with van der Waals surface area (Å²) in [6, 6.07) is 3.44. The number of carbonyl (C=O) groups is 2. The van der Waals surface area contributed by atoms with E-state index in [2.05, 4.69) is 5.32 Å². The number of rotatable bonds is 4. The minimum atomic E-state index is -0.834. The second kappa shape index (κ2) is 4.76. The fraction of sp³-hybridized carbons (Fsp3) is 0.444. The maximum atomic E-state index is 11.4. The van der Waals surface area contributed by atoms with E-state index < -0.39 is 17.1 Å². The SMILES string of the molecule is O=COC1=CCC2(OC=O)C3Cc4ccc(O)c5c4C2(CCN3)C1O5. The summed E-state index contributed by atoms with van der Waals surface area (Å²) in [7, 11) is 0. The normalized spacial score (nSPS) is 36.6. The second-order valence-corrected chi connectivity index (χ2v) is 7.01. The van der Waals surface area contributed by atoms with E-state index in [1.165, 1.54) is 0 Å². The van der Waals surface area contributed by atoms with E-state index in [0.29, 0.717) is 43.7 Å². The van der Waals surface area contributed by atoms with Gasteiger partial charge in [0.05, 0.1) is 11.5 Å². The Hall–Kier alpha value is -2.54. The summed E-state index contributed by atoms with van der Waals surface area (Å²) in [4.78, 5) is 22.4. The Morgan fingerprint density at radius 3 is 3.00 bits per heavy atom. The molecule has 1 aromatic carbocycles. The Morgan fingerprint density at radius 1 is 1.32 bits per heavy atom. The first-order valence-electron chi connectivity index (χ1n) is 8.35. The van der Waals surface area contributed by atoms with Gasteiger partial charge in [-0.1, -0.05) is 6.07 Å². The van der Waals surface area contributed by atoms with Gasteiger partial charge in [-0.15, -0.1) is 0 Å². The van der Waals surface area contributed by atoms with Gasteiger partial charge in [-0.3, -0.25) is 9.59 Å². The lowest BCUT2D eigenvalue weighted by molar-refractivity contribution is -0.177. The number of phenols is 1. The molecule has 7 nitrogen and oxygen atoms in total. The van der Waals surface area contributed by atoms with E-state index in [0.717, 1.165) is 17.7 Å². The maximum Gasteiger partial charge on any atom is 0.298 e. The van der Waals surface area contributed by atoms with Crippen LogP contribution in [0.2, 0.25) is 0 Å². The van der Waals surface area contributed by atoms with Crippen LogP contribution < -0.4 is 10.1 Å². The van der Waals surface area contributed by atoms with E-state index in [-0.39, 0.29) is 11.8 Å². The molecule has 5 rings (SSSR count). The molecule has 2 heterocycles. The molecule has 25 heavy (non-hydrogen) atoms. The van der Waals surface area contributed by atoms with Crippen molar-refractivity contribution in [3.05, 3.63) is 35.1 Å². The van der Waals surface area contributed by atoms with Crippen LogP contribution in [0.3, 0.4) is 0 Å². The third-order valence-electron chi connectivity index (χ3n) is 6.31. The molecule has 2 bridgehead atoms. The van der Waals surface area contributed by atoms with Gasteiger partial charge in [0.2, 0.25) is 0 Å². The summed E-state index contributed by atoms with van der Waals surface area (Å²) in [5.41, 5.74) is 0.431. The Balaban J connectivity index is 1.84. The van der Waals surface area contributed by atoms with Crippen LogP contribution in [0.4, 0.5) is 0 Å². The van der Waals surface area contributed by atoms with Gasteiger partial charge in [-0.2, -0.15) is 0 Å². The lowest BCUT2D eigenvalue weighted by Gasteiger charge is -2.60. The van der Waals surface area contributed by atoms with E-state index in [9.17, 15) is 14.7 Å². The topological polar surface area (TPSA) is 94.1 Å². The Kier molecular flexibility index (Phi) is 2.81. The maximum absolute atomic E-state index is 11.4. The van der Waals surface area contributed by atoms with Crippen molar-refractivity contribution in [3.8, 4) is 11.5 Å². The standard InChI is InChI=1S/C18H17NO6/c20-8-23-12-3-4-18(24-9-21)13-7-10-1-2-11(22)15-14(10)17(18,5-6-19-13)16(12)25-15/h1-3,8-9,13,16,19,22H,4-7H2. The van der Waals surface area contributed by atoms with Gasteiger partial charge in [0.25, 0.3) is 12.9 Å². The molecule has 130 valence electrons. The number of hydrogen-bond acceptors (Lipinski definition) is 7. The average Bonchev–Trinajstić information content (AvgIpc) is 2.94. The van der Waals surface area contributed by atoms with Gasteiger partial charge in [-0.25, -0.2) is 0 Å². The van der Waals surface area contributed by atoms with Crippen LogP contribution in [0, 0.1) is 0 Å². The first-order chi connectivity index (χ1) is 12.2. The largest absolute Gasteiger partial charge is 0.504 e. The highest BCUT2D eigenvalue weighted by Crippen LogP contribution is 2.65. The van der Waals surface area contributed by atoms with Crippen LogP contribution in [0.5, 0.6) is 11.5 Å². The van der Waals surface area contributed by atoms with Crippen molar-refractivity contribution in [1.29, 1.82) is 0 Å². The van der Waals surface area contributed by atoms with E-state index in [1.807, 2.05) is 6.07 Å². The number of ether oxygens (including phenoxy) is 3. The molecule has 4 unspecified atom stereocenters. The number of aromatic hydroxyl groups is 1. The van der Waals surface area contributed by atoms with Gasteiger partial charge in [-0.05, 0) is 37.1 Å². The van der Waals surface area contributed by atoms with Crippen molar-refractivity contribution in [2.75, 3.05) is 6.54 Å². The molecule has 1 aromatic rings. The molecule has 2 N–H and O–H groups in total. The summed E-state index contributed by atoms with van der Waals surface area (Å²) in [5, 5.41) is 13.8. The summed E-state index contributed by atoms with van der Waals surface area (Å²) in [5.74, 6) is 0.859. The van der Waals surface area contributed by atoms with Crippen molar-refractivity contribution in [2.45, 2.75) is 42.4 Å². The van der Waals surface area contributed by atoms with Crippen LogP contribution in [0.15, 0.2) is 24.0 Å². The first-order valence-corrected chi connectivity index (χ1v) is 8.35. The second-order valence-electron chi connectivity index (χ2n) is 7.01. The Morgan fingerprint density at radius 2 is 2.20 bits per heavy atom. The highest BCUT2D eigenvalue weighted by Gasteiger charge is 2.73. The predicted octanol–water partition coefficient (Wildman–Crippen LogP) is 0.681. The van der Waals surface area contributed by atoms with E-state index >= 15 is 0 Å². The zero-order valence-corrected chi connectivity index (χ0v) is 13.4. The Bertz CT molecular complexity index is 820. The predicted molar refractivity (Wildman–Crippen MR) is 84.0 cm³/mol. The third kappa shape index (κ3) is 1.51. The smallest absolute Gasteiger partial charge is 0.298 e. The van der Waals surface area contributed by atoms with Gasteiger partial charge in [0.1, 0.15) is 11.4 Å². The number of phenolic OH excluding ortho intramolecular Hbond substituents is 1. The number of nitrogens with one attached hydrogen (secondary N) is 1. The first kappa shape index (κ1) is 14.8. The molecule has 0 amide bonds. The van der Waals surface area contributed by atoms with Crippen molar-refractivity contribution in [1.82, 2.24) is 5.32 Å². The molecular formula is C18H17NO6. The number of piperidine rings is 1. The van der Waals surface area contributed by atoms with E-state index in [1.54, 1.807) is 12.1 Å². The minimum Gasteiger partial charge on any atom is -0.504 e. The van der Waals surface area contributed by atoms with Gasteiger partial charge < -0.3 is 24.6 Å². The fourth-order valence-electron chi connectivity index (χ4n) is 5.49. The third-order valence-corrected chi connectivity index (χ3v) is 6.31. The van der Waals surface area contributed by atoms with Crippen LogP contribution in [0.25, 0.3) is 0 Å². The van der Waals surface area contributed by atoms with Crippen molar-refractivity contribution in [3.63, 3.8) is 0 Å². The monoisotopic (exact) mass is 343 g/mol. The van der Waals surface area contributed by atoms with Crippen molar-refractivity contribution >= 4 is 12.9 Å². The van der Waals surface area contributed by atoms with Gasteiger partial charge >= 0.3 is 0 Å². The summed E-state index contributed by atoms with van der Waals surface area (Å²) in [6.07, 6.45) is 2.88. The highest BCUT2D eigenvalue weighted by molar-refractivity contribution is 5.65. The molecule has 2 aliphatic carbocycles. The van der Waals surface area contributed by atoms with Crippen molar-refractivity contribution in [2.24, 2.45) is 0 Å². The Labute approximate surface area is 143 Å². The molecule has 7 heteroatoms. The van der Waals surface area contributed by atoms with Crippen LogP contribution in [-0.4, -0.2) is 42.3 Å². The fourth-order valence-corrected chi connectivity index (χ4v) is 5.49. The molecule has 4 atom stereocenters. The molecular weight excluding hydrogens is 326 g/mol. The molecule has 2 aliphatic heterocycles. The molecule has 4 aliphatic rings. The number of benzene rings is 1. The number of hydrogen-bond donors (Lipinski definition) is 2. The quantitative estimate of drug-likeness (QED) is 0.777. The lowest BCUT2D eigenvalue weighted by Crippen LogP contribution is -2.75. The zero-order valence-electron chi connectivity index (χ0n) is 13.4. The van der Waals surface area contributed by atoms with E-state index in [4.69, 9.17) is 14.2 Å². The summed E-state index contributed by atoms with van der Waals surface area (Å²) >= 11 is 0. The van der Waals surface area contributed by atoms with Crippen LogP contribution in [0.1, 0.15) is 24.0 Å². The minimum absolute atomic E-state index is 0.0463. The van der Waals surface area contributed by atoms with Gasteiger partial charge in [0.15, 0.2) is 17.6 Å².